The molecule has 0 aliphatic rings. The van der Waals surface area contributed by atoms with Gasteiger partial charge in [-0.15, -0.1) is 0 Å². The van der Waals surface area contributed by atoms with Crippen molar-refractivity contribution in [2.75, 3.05) is 7.11 Å². The second-order valence-corrected chi connectivity index (χ2v) is 4.83. The lowest BCUT2D eigenvalue weighted by atomic mass is 10.1. The molecule has 1 aromatic carbocycles. The van der Waals surface area contributed by atoms with Crippen molar-refractivity contribution in [1.29, 1.82) is 0 Å². The largest absolute Gasteiger partial charge is 0.468 e. The summed E-state index contributed by atoms with van der Waals surface area (Å²) in [7, 11) is 1.14. The molecule has 1 aromatic heterocycles. The van der Waals surface area contributed by atoms with Crippen molar-refractivity contribution >= 4 is 32.7 Å². The molecule has 0 saturated heterocycles. The molecule has 2 rings (SSSR count). The van der Waals surface area contributed by atoms with Crippen LogP contribution < -0.4 is 5.56 Å². The SMILES string of the molecule is COC(=O)Cn1nc(C(F)F)c2ccc(Br)cc2c1=O. The van der Waals surface area contributed by atoms with Gasteiger partial charge >= 0.3 is 5.97 Å². The van der Waals surface area contributed by atoms with Crippen LogP contribution in [0.3, 0.4) is 0 Å². The van der Waals surface area contributed by atoms with Crippen LogP contribution in [0.15, 0.2) is 27.5 Å². The molecule has 0 radical (unpaired) electrons. The Morgan fingerprint density at radius 1 is 1.45 bits per heavy atom. The van der Waals surface area contributed by atoms with E-state index in [2.05, 4.69) is 25.8 Å². The van der Waals surface area contributed by atoms with Gasteiger partial charge in [0.2, 0.25) is 0 Å². The van der Waals surface area contributed by atoms with E-state index >= 15 is 0 Å². The average Bonchev–Trinajstić information content (AvgIpc) is 2.41. The number of aromatic nitrogens is 2. The van der Waals surface area contributed by atoms with E-state index in [9.17, 15) is 18.4 Å². The van der Waals surface area contributed by atoms with Crippen LogP contribution in [0.1, 0.15) is 12.1 Å². The first-order valence-corrected chi connectivity index (χ1v) is 6.28. The Morgan fingerprint density at radius 2 is 2.15 bits per heavy atom. The van der Waals surface area contributed by atoms with Gasteiger partial charge in [0.1, 0.15) is 12.2 Å². The number of carbonyl (C=O) groups excluding carboxylic acids is 1. The van der Waals surface area contributed by atoms with Gasteiger partial charge in [0, 0.05) is 9.86 Å². The first-order valence-electron chi connectivity index (χ1n) is 5.49. The number of hydrogen-bond acceptors (Lipinski definition) is 4. The highest BCUT2D eigenvalue weighted by Crippen LogP contribution is 2.25. The summed E-state index contributed by atoms with van der Waals surface area (Å²) < 4.78 is 31.7. The molecule has 2 aromatic rings. The summed E-state index contributed by atoms with van der Waals surface area (Å²) in [6.45, 7) is -0.516. The molecule has 0 fully saturated rings. The van der Waals surface area contributed by atoms with Gasteiger partial charge in [0.15, 0.2) is 0 Å². The van der Waals surface area contributed by atoms with Crippen LogP contribution in [-0.2, 0) is 16.1 Å². The van der Waals surface area contributed by atoms with Crippen LogP contribution in [0, 0.1) is 0 Å². The summed E-state index contributed by atoms with van der Waals surface area (Å²) in [5.41, 5.74) is -1.17. The number of hydrogen-bond donors (Lipinski definition) is 0. The third kappa shape index (κ3) is 2.69. The Hall–Kier alpha value is -1.83. The van der Waals surface area contributed by atoms with Gasteiger partial charge < -0.3 is 4.74 Å². The zero-order valence-corrected chi connectivity index (χ0v) is 11.9. The third-order valence-electron chi connectivity index (χ3n) is 2.66. The zero-order valence-electron chi connectivity index (χ0n) is 10.3. The first-order chi connectivity index (χ1) is 9.43. The van der Waals surface area contributed by atoms with Crippen molar-refractivity contribution in [2.24, 2.45) is 0 Å². The van der Waals surface area contributed by atoms with Crippen molar-refractivity contribution in [3.8, 4) is 0 Å². The second kappa shape index (κ2) is 5.66. The number of esters is 1. The minimum absolute atomic E-state index is 0.0635. The number of ether oxygens (including phenoxy) is 1. The summed E-state index contributed by atoms with van der Waals surface area (Å²) in [4.78, 5) is 23.3. The smallest absolute Gasteiger partial charge is 0.327 e. The molecule has 0 atom stereocenters. The van der Waals surface area contributed by atoms with E-state index in [1.54, 1.807) is 6.07 Å². The molecule has 0 spiro atoms. The van der Waals surface area contributed by atoms with Crippen molar-refractivity contribution in [1.82, 2.24) is 9.78 Å². The minimum atomic E-state index is -2.86. The van der Waals surface area contributed by atoms with E-state index in [1.807, 2.05) is 0 Å². The maximum atomic E-state index is 13.0. The van der Waals surface area contributed by atoms with E-state index in [4.69, 9.17) is 0 Å². The Labute approximate surface area is 120 Å². The zero-order chi connectivity index (χ0) is 14.9. The maximum Gasteiger partial charge on any atom is 0.327 e. The molecule has 1 heterocycles. The molecular formula is C12H9BrF2N2O3. The number of fused-ring (bicyclic) bond motifs is 1. The van der Waals surface area contributed by atoms with Gasteiger partial charge in [0.25, 0.3) is 12.0 Å². The molecule has 0 bridgehead atoms. The predicted molar refractivity (Wildman–Crippen MR) is 70.7 cm³/mol. The fourth-order valence-electron chi connectivity index (χ4n) is 1.74. The number of carbonyl (C=O) groups is 1. The Balaban J connectivity index is 2.74. The van der Waals surface area contributed by atoms with Crippen LogP contribution >= 0.6 is 15.9 Å². The quantitative estimate of drug-likeness (QED) is 0.800. The lowest BCUT2D eigenvalue weighted by Gasteiger charge is -2.10. The van der Waals surface area contributed by atoms with Gasteiger partial charge in [-0.05, 0) is 12.1 Å². The molecular weight excluding hydrogens is 338 g/mol. The van der Waals surface area contributed by atoms with Gasteiger partial charge in [-0.25, -0.2) is 13.5 Å². The number of halogens is 3. The first kappa shape index (κ1) is 14.6. The molecule has 0 N–H and O–H groups in total. The molecule has 0 unspecified atom stereocenters. The molecule has 0 aliphatic carbocycles. The van der Waals surface area contributed by atoms with E-state index < -0.39 is 30.2 Å². The number of alkyl halides is 2. The van der Waals surface area contributed by atoms with Crippen molar-refractivity contribution in [2.45, 2.75) is 13.0 Å². The average molecular weight is 347 g/mol. The fourth-order valence-corrected chi connectivity index (χ4v) is 2.10. The van der Waals surface area contributed by atoms with Crippen LogP contribution in [-0.4, -0.2) is 22.9 Å². The van der Waals surface area contributed by atoms with Gasteiger partial charge in [-0.3, -0.25) is 9.59 Å². The van der Waals surface area contributed by atoms with Crippen LogP contribution in [0.5, 0.6) is 0 Å². The number of rotatable bonds is 3. The van der Waals surface area contributed by atoms with Crippen LogP contribution in [0.2, 0.25) is 0 Å². The molecule has 106 valence electrons. The van der Waals surface area contributed by atoms with Crippen LogP contribution in [0.4, 0.5) is 8.78 Å². The number of methoxy groups -OCH3 is 1. The summed E-state index contributed by atoms with van der Waals surface area (Å²) in [5, 5.41) is 3.68. The highest BCUT2D eigenvalue weighted by molar-refractivity contribution is 9.10. The Bertz CT molecular complexity index is 730. The topological polar surface area (TPSA) is 61.2 Å². The van der Waals surface area contributed by atoms with Crippen molar-refractivity contribution < 1.29 is 18.3 Å². The third-order valence-corrected chi connectivity index (χ3v) is 3.16. The minimum Gasteiger partial charge on any atom is -0.468 e. The lowest BCUT2D eigenvalue weighted by molar-refractivity contribution is -0.141. The standard InChI is InChI=1S/C12H9BrF2N2O3/c1-20-9(18)5-17-12(19)8-4-6(13)2-3-7(8)10(16-17)11(14)15/h2-4,11H,5H2,1H3. The van der Waals surface area contributed by atoms with Gasteiger partial charge in [0.05, 0.1) is 12.5 Å². The Kier molecular flexibility index (Phi) is 4.12. The highest BCUT2D eigenvalue weighted by Gasteiger charge is 2.19. The molecule has 8 heteroatoms. The fraction of sp³-hybridized carbons (Fsp3) is 0.250. The molecule has 0 aliphatic heterocycles. The number of nitrogens with zero attached hydrogens (tertiary/aromatic N) is 2. The maximum absolute atomic E-state index is 13.0. The summed E-state index contributed by atoms with van der Waals surface area (Å²) >= 11 is 3.17. The number of benzene rings is 1. The van der Waals surface area contributed by atoms with E-state index in [-0.39, 0.29) is 10.8 Å². The monoisotopic (exact) mass is 346 g/mol. The van der Waals surface area contributed by atoms with E-state index in [0.29, 0.717) is 9.15 Å². The van der Waals surface area contributed by atoms with Crippen molar-refractivity contribution in [3.05, 3.63) is 38.7 Å². The second-order valence-electron chi connectivity index (χ2n) is 3.91. The molecule has 5 nitrogen and oxygen atoms in total. The van der Waals surface area contributed by atoms with Crippen LogP contribution in [0.25, 0.3) is 10.8 Å². The summed E-state index contributed by atoms with van der Waals surface area (Å²) in [6.07, 6.45) is -2.86. The highest BCUT2D eigenvalue weighted by atomic mass is 79.9. The van der Waals surface area contributed by atoms with Gasteiger partial charge in [-0.2, -0.15) is 5.10 Å². The van der Waals surface area contributed by atoms with E-state index in [0.717, 1.165) is 7.11 Å². The summed E-state index contributed by atoms with van der Waals surface area (Å²) in [6, 6.07) is 4.34. The van der Waals surface area contributed by atoms with E-state index in [1.165, 1.54) is 12.1 Å². The normalized spacial score (nSPS) is 11.1. The summed E-state index contributed by atoms with van der Waals surface area (Å²) in [5.74, 6) is -0.742. The van der Waals surface area contributed by atoms with Gasteiger partial charge in [-0.1, -0.05) is 22.0 Å². The molecule has 0 saturated carbocycles. The molecule has 0 amide bonds. The predicted octanol–water partition coefficient (Wildman–Crippen LogP) is 2.27. The Morgan fingerprint density at radius 3 is 2.75 bits per heavy atom. The lowest BCUT2D eigenvalue weighted by Crippen LogP contribution is -2.28. The van der Waals surface area contributed by atoms with Crippen molar-refractivity contribution in [3.63, 3.8) is 0 Å². The molecule has 20 heavy (non-hydrogen) atoms.